The summed E-state index contributed by atoms with van der Waals surface area (Å²) in [6, 6.07) is 0. The molecule has 14 heavy (non-hydrogen) atoms. The van der Waals surface area contributed by atoms with Gasteiger partial charge in [0.1, 0.15) is 0 Å². The third kappa shape index (κ3) is 1.05. The minimum absolute atomic E-state index is 0.213. The molecule has 0 spiro atoms. The van der Waals surface area contributed by atoms with Crippen molar-refractivity contribution in [1.29, 1.82) is 0 Å². The van der Waals surface area contributed by atoms with Crippen LogP contribution in [0.2, 0.25) is 0 Å². The SMILES string of the molecule is C=C1C2CC3CC(C2)/C(=C/CO)C1C3. The number of aliphatic hydroxyl groups excluding tert-OH is 1. The average Bonchev–Trinajstić information content (AvgIpc) is 2.18. The van der Waals surface area contributed by atoms with Crippen molar-refractivity contribution in [2.75, 3.05) is 6.61 Å². The highest BCUT2D eigenvalue weighted by Gasteiger charge is 2.46. The van der Waals surface area contributed by atoms with Crippen molar-refractivity contribution < 1.29 is 5.11 Å². The quantitative estimate of drug-likeness (QED) is 0.630. The predicted octanol–water partition coefficient (Wildman–Crippen LogP) is 2.53. The van der Waals surface area contributed by atoms with Crippen molar-refractivity contribution in [3.05, 3.63) is 23.8 Å². The maximum absolute atomic E-state index is 9.03. The Morgan fingerprint density at radius 2 is 2.00 bits per heavy atom. The van der Waals surface area contributed by atoms with Crippen LogP contribution in [-0.2, 0) is 0 Å². The third-order valence-electron chi connectivity index (χ3n) is 4.55. The Kier molecular flexibility index (Phi) is 1.85. The lowest BCUT2D eigenvalue weighted by Gasteiger charge is -2.52. The van der Waals surface area contributed by atoms with Crippen LogP contribution in [-0.4, -0.2) is 11.7 Å². The van der Waals surface area contributed by atoms with E-state index >= 15 is 0 Å². The third-order valence-corrected chi connectivity index (χ3v) is 4.55. The van der Waals surface area contributed by atoms with Crippen molar-refractivity contribution in [1.82, 2.24) is 0 Å². The zero-order valence-electron chi connectivity index (χ0n) is 8.58. The molecule has 4 unspecified atom stereocenters. The normalized spacial score (nSPS) is 47.8. The maximum atomic E-state index is 9.03. The highest BCUT2D eigenvalue weighted by atomic mass is 16.2. The monoisotopic (exact) mass is 190 g/mol. The van der Waals surface area contributed by atoms with Gasteiger partial charge in [0.15, 0.2) is 0 Å². The van der Waals surface area contributed by atoms with Crippen LogP contribution in [0.1, 0.15) is 25.7 Å². The summed E-state index contributed by atoms with van der Waals surface area (Å²) >= 11 is 0. The molecule has 0 aliphatic heterocycles. The lowest BCUT2D eigenvalue weighted by Crippen LogP contribution is -2.41. The van der Waals surface area contributed by atoms with Crippen LogP contribution in [0.15, 0.2) is 23.8 Å². The summed E-state index contributed by atoms with van der Waals surface area (Å²) in [4.78, 5) is 0. The Morgan fingerprint density at radius 1 is 1.21 bits per heavy atom. The van der Waals surface area contributed by atoms with E-state index in [2.05, 4.69) is 12.7 Å². The highest BCUT2D eigenvalue weighted by molar-refractivity contribution is 5.32. The molecule has 0 aromatic carbocycles. The summed E-state index contributed by atoms with van der Waals surface area (Å²) in [5.74, 6) is 3.20. The fourth-order valence-electron chi connectivity index (χ4n) is 4.02. The second-order valence-corrected chi connectivity index (χ2v) is 5.22. The number of allylic oxidation sites excluding steroid dienone is 2. The molecule has 4 bridgehead atoms. The molecule has 4 atom stereocenters. The van der Waals surface area contributed by atoms with E-state index in [1.54, 1.807) is 0 Å². The first-order chi connectivity index (χ1) is 6.79. The van der Waals surface area contributed by atoms with Gasteiger partial charge in [-0.1, -0.05) is 23.8 Å². The van der Waals surface area contributed by atoms with Crippen LogP contribution in [0.4, 0.5) is 0 Å². The Hall–Kier alpha value is -0.560. The fourth-order valence-corrected chi connectivity index (χ4v) is 4.02. The zero-order chi connectivity index (χ0) is 9.71. The van der Waals surface area contributed by atoms with E-state index in [4.69, 9.17) is 5.11 Å². The van der Waals surface area contributed by atoms with E-state index in [1.807, 2.05) is 0 Å². The largest absolute Gasteiger partial charge is 0.392 e. The Morgan fingerprint density at radius 3 is 2.79 bits per heavy atom. The average molecular weight is 190 g/mol. The smallest absolute Gasteiger partial charge is 0.0615 e. The molecular weight excluding hydrogens is 172 g/mol. The minimum Gasteiger partial charge on any atom is -0.392 e. The molecule has 0 aromatic rings. The van der Waals surface area contributed by atoms with E-state index in [0.717, 1.165) is 17.8 Å². The van der Waals surface area contributed by atoms with Gasteiger partial charge in [0.05, 0.1) is 6.61 Å². The molecule has 1 N–H and O–H groups in total. The molecule has 1 heteroatoms. The predicted molar refractivity (Wildman–Crippen MR) is 56.7 cm³/mol. The van der Waals surface area contributed by atoms with Crippen molar-refractivity contribution in [2.45, 2.75) is 25.7 Å². The van der Waals surface area contributed by atoms with Crippen molar-refractivity contribution in [3.63, 3.8) is 0 Å². The lowest BCUT2D eigenvalue weighted by atomic mass is 9.52. The van der Waals surface area contributed by atoms with Crippen LogP contribution in [0.3, 0.4) is 0 Å². The van der Waals surface area contributed by atoms with Gasteiger partial charge in [-0.3, -0.25) is 0 Å². The van der Waals surface area contributed by atoms with Gasteiger partial charge in [-0.2, -0.15) is 0 Å². The zero-order valence-corrected chi connectivity index (χ0v) is 8.58. The first kappa shape index (κ1) is 8.72. The molecule has 4 aliphatic carbocycles. The van der Waals surface area contributed by atoms with Crippen LogP contribution in [0.5, 0.6) is 0 Å². The van der Waals surface area contributed by atoms with Gasteiger partial charge in [0, 0.05) is 5.92 Å². The molecular formula is C13H18O. The molecule has 0 aromatic heterocycles. The van der Waals surface area contributed by atoms with Gasteiger partial charge in [-0.15, -0.1) is 0 Å². The highest BCUT2D eigenvalue weighted by Crippen LogP contribution is 2.58. The van der Waals surface area contributed by atoms with Crippen LogP contribution >= 0.6 is 0 Å². The molecule has 4 aliphatic rings. The molecule has 4 fully saturated rings. The first-order valence-electron chi connectivity index (χ1n) is 5.79. The number of hydrogen-bond acceptors (Lipinski definition) is 1. The Balaban J connectivity index is 1.97. The summed E-state index contributed by atoms with van der Waals surface area (Å²) in [6.45, 7) is 4.48. The second-order valence-electron chi connectivity index (χ2n) is 5.22. The van der Waals surface area contributed by atoms with E-state index in [1.165, 1.54) is 36.8 Å². The summed E-state index contributed by atoms with van der Waals surface area (Å²) < 4.78 is 0. The van der Waals surface area contributed by atoms with Crippen LogP contribution in [0.25, 0.3) is 0 Å². The summed E-state index contributed by atoms with van der Waals surface area (Å²) in [6.07, 6.45) is 7.47. The Bertz CT molecular complexity index is 302. The second kappa shape index (κ2) is 2.96. The van der Waals surface area contributed by atoms with Crippen molar-refractivity contribution >= 4 is 0 Å². The first-order valence-corrected chi connectivity index (χ1v) is 5.79. The van der Waals surface area contributed by atoms with Gasteiger partial charge in [-0.05, 0) is 43.4 Å². The molecule has 4 rings (SSSR count). The number of hydrogen-bond donors (Lipinski definition) is 1. The minimum atomic E-state index is 0.213. The van der Waals surface area contributed by atoms with Gasteiger partial charge in [-0.25, -0.2) is 0 Å². The fraction of sp³-hybridized carbons (Fsp3) is 0.692. The van der Waals surface area contributed by atoms with E-state index in [9.17, 15) is 0 Å². The summed E-state index contributed by atoms with van der Waals surface area (Å²) in [7, 11) is 0. The van der Waals surface area contributed by atoms with E-state index in [0.29, 0.717) is 5.92 Å². The molecule has 76 valence electrons. The molecule has 0 heterocycles. The van der Waals surface area contributed by atoms with E-state index < -0.39 is 0 Å². The van der Waals surface area contributed by atoms with Gasteiger partial charge in [0.2, 0.25) is 0 Å². The van der Waals surface area contributed by atoms with Crippen LogP contribution in [0, 0.1) is 23.7 Å². The lowest BCUT2D eigenvalue weighted by molar-refractivity contribution is 0.121. The molecule has 0 amide bonds. The van der Waals surface area contributed by atoms with Gasteiger partial charge in [0.25, 0.3) is 0 Å². The summed E-state index contributed by atoms with van der Waals surface area (Å²) in [5, 5.41) is 9.03. The number of rotatable bonds is 1. The topological polar surface area (TPSA) is 20.2 Å². The maximum Gasteiger partial charge on any atom is 0.0615 e. The molecule has 4 saturated carbocycles. The number of aliphatic hydroxyl groups is 1. The molecule has 0 saturated heterocycles. The van der Waals surface area contributed by atoms with E-state index in [-0.39, 0.29) is 6.61 Å². The van der Waals surface area contributed by atoms with Crippen LogP contribution < -0.4 is 0 Å². The molecule has 0 radical (unpaired) electrons. The Labute approximate surface area is 85.5 Å². The van der Waals surface area contributed by atoms with Gasteiger partial charge >= 0.3 is 0 Å². The van der Waals surface area contributed by atoms with Crippen molar-refractivity contribution in [2.24, 2.45) is 23.7 Å². The van der Waals surface area contributed by atoms with Crippen molar-refractivity contribution in [3.8, 4) is 0 Å². The summed E-state index contributed by atoms with van der Waals surface area (Å²) in [5.41, 5.74) is 2.99. The molecule has 1 nitrogen and oxygen atoms in total. The van der Waals surface area contributed by atoms with Gasteiger partial charge < -0.3 is 5.11 Å². The standard InChI is InChI=1S/C13H18O/c1-8-10-4-9-5-11(7-10)12(2-3-14)13(8)6-9/h2,9-11,13-14H,1,3-7H2/b12-2-.